The van der Waals surface area contributed by atoms with Gasteiger partial charge in [0.2, 0.25) is 0 Å². The van der Waals surface area contributed by atoms with Crippen LogP contribution in [-0.4, -0.2) is 38.1 Å². The van der Waals surface area contributed by atoms with E-state index in [1.165, 1.54) is 58.3 Å². The van der Waals surface area contributed by atoms with Crippen LogP contribution in [-0.2, 0) is 0 Å². The molecule has 2 heteroatoms. The summed E-state index contributed by atoms with van der Waals surface area (Å²) >= 11 is 0. The van der Waals surface area contributed by atoms with Crippen LogP contribution in [0.5, 0.6) is 0 Å². The van der Waals surface area contributed by atoms with Gasteiger partial charge in [-0.25, -0.2) is 0 Å². The second kappa shape index (κ2) is 5.13. The zero-order valence-corrected chi connectivity index (χ0v) is 9.47. The van der Waals surface area contributed by atoms with Gasteiger partial charge in [-0.05, 0) is 64.2 Å². The van der Waals surface area contributed by atoms with Gasteiger partial charge in [-0.3, -0.25) is 0 Å². The van der Waals surface area contributed by atoms with Crippen LogP contribution in [0.1, 0.15) is 32.1 Å². The Balaban J connectivity index is 1.55. The number of likely N-dealkylation sites (tertiary alicyclic amines) is 1. The van der Waals surface area contributed by atoms with E-state index in [1.807, 2.05) is 0 Å². The van der Waals surface area contributed by atoms with E-state index in [4.69, 9.17) is 0 Å². The van der Waals surface area contributed by atoms with Gasteiger partial charge in [0.25, 0.3) is 0 Å². The minimum Gasteiger partial charge on any atom is -0.316 e. The van der Waals surface area contributed by atoms with Gasteiger partial charge >= 0.3 is 0 Å². The van der Waals surface area contributed by atoms with Gasteiger partial charge in [-0.2, -0.15) is 0 Å². The van der Waals surface area contributed by atoms with Crippen molar-refractivity contribution in [3.63, 3.8) is 0 Å². The van der Waals surface area contributed by atoms with E-state index in [1.54, 1.807) is 0 Å². The molecule has 1 aliphatic heterocycles. The van der Waals surface area contributed by atoms with E-state index in [-0.39, 0.29) is 0 Å². The molecular formula is C12H24N2. The summed E-state index contributed by atoms with van der Waals surface area (Å²) in [6.07, 6.45) is 7.24. The summed E-state index contributed by atoms with van der Waals surface area (Å²) in [5.74, 6) is 1.92. The van der Waals surface area contributed by atoms with Gasteiger partial charge in [0.15, 0.2) is 0 Å². The van der Waals surface area contributed by atoms with Crippen LogP contribution in [0.2, 0.25) is 0 Å². The first-order valence-electron chi connectivity index (χ1n) is 6.24. The van der Waals surface area contributed by atoms with Crippen LogP contribution in [0, 0.1) is 11.8 Å². The lowest BCUT2D eigenvalue weighted by molar-refractivity contribution is 0.200. The number of nitrogens with zero attached hydrogens (tertiary/aromatic N) is 1. The minimum absolute atomic E-state index is 0.911. The fourth-order valence-electron chi connectivity index (χ4n) is 2.63. The largest absolute Gasteiger partial charge is 0.316 e. The Bertz CT molecular complexity index is 166. The van der Waals surface area contributed by atoms with Crippen molar-refractivity contribution in [3.05, 3.63) is 0 Å². The molecule has 0 aromatic heterocycles. The molecule has 1 saturated carbocycles. The first kappa shape index (κ1) is 10.4. The lowest BCUT2D eigenvalue weighted by Gasteiger charge is -2.31. The third-order valence-corrected chi connectivity index (χ3v) is 3.81. The quantitative estimate of drug-likeness (QED) is 0.736. The van der Waals surface area contributed by atoms with E-state index in [0.29, 0.717) is 0 Å². The summed E-state index contributed by atoms with van der Waals surface area (Å²) in [6.45, 7) is 5.14. The van der Waals surface area contributed by atoms with Crippen LogP contribution in [0.25, 0.3) is 0 Å². The molecule has 1 heterocycles. The number of hydrogen-bond acceptors (Lipinski definition) is 2. The van der Waals surface area contributed by atoms with Crippen molar-refractivity contribution in [1.82, 2.24) is 10.2 Å². The number of piperidine rings is 1. The van der Waals surface area contributed by atoms with E-state index in [2.05, 4.69) is 17.3 Å². The second-order valence-corrected chi connectivity index (χ2v) is 5.23. The maximum Gasteiger partial charge on any atom is 0.00187 e. The molecule has 1 aliphatic carbocycles. The number of rotatable bonds is 4. The monoisotopic (exact) mass is 196 g/mol. The van der Waals surface area contributed by atoms with Crippen molar-refractivity contribution in [2.24, 2.45) is 11.8 Å². The topological polar surface area (TPSA) is 15.3 Å². The molecule has 2 fully saturated rings. The molecule has 2 aliphatic rings. The summed E-state index contributed by atoms with van der Waals surface area (Å²) in [5, 5.41) is 3.65. The predicted molar refractivity (Wildman–Crippen MR) is 60.4 cm³/mol. The van der Waals surface area contributed by atoms with Crippen molar-refractivity contribution in [3.8, 4) is 0 Å². The molecule has 0 spiro atoms. The molecule has 0 aromatic carbocycles. The van der Waals surface area contributed by atoms with Gasteiger partial charge in [-0.15, -0.1) is 0 Å². The summed E-state index contributed by atoms with van der Waals surface area (Å²) < 4.78 is 0. The molecule has 14 heavy (non-hydrogen) atoms. The van der Waals surface area contributed by atoms with Crippen molar-refractivity contribution in [2.45, 2.75) is 32.1 Å². The third-order valence-electron chi connectivity index (χ3n) is 3.81. The molecule has 2 nitrogen and oxygen atoms in total. The Labute approximate surface area is 88.1 Å². The van der Waals surface area contributed by atoms with Crippen LogP contribution in [0.15, 0.2) is 0 Å². The Morgan fingerprint density at radius 1 is 1.07 bits per heavy atom. The molecule has 1 N–H and O–H groups in total. The maximum absolute atomic E-state index is 3.65. The summed E-state index contributed by atoms with van der Waals surface area (Å²) in [4.78, 5) is 2.47. The average molecular weight is 196 g/mol. The van der Waals surface area contributed by atoms with Crippen molar-refractivity contribution < 1.29 is 0 Å². The van der Waals surface area contributed by atoms with Crippen LogP contribution in [0.3, 0.4) is 0 Å². The third kappa shape index (κ3) is 2.96. The van der Waals surface area contributed by atoms with Gasteiger partial charge < -0.3 is 10.2 Å². The molecule has 0 aromatic rings. The highest BCUT2D eigenvalue weighted by atomic mass is 15.1. The lowest BCUT2D eigenvalue weighted by atomic mass is 9.85. The molecule has 0 bridgehead atoms. The Morgan fingerprint density at radius 3 is 2.43 bits per heavy atom. The van der Waals surface area contributed by atoms with Crippen LogP contribution >= 0.6 is 0 Å². The number of hydrogen-bond donors (Lipinski definition) is 1. The van der Waals surface area contributed by atoms with E-state index in [0.717, 1.165) is 11.8 Å². The maximum atomic E-state index is 3.65. The minimum atomic E-state index is 0.911. The molecular weight excluding hydrogens is 172 g/mol. The van der Waals surface area contributed by atoms with Crippen LogP contribution in [0.4, 0.5) is 0 Å². The van der Waals surface area contributed by atoms with Crippen molar-refractivity contribution >= 4 is 0 Å². The van der Waals surface area contributed by atoms with E-state index in [9.17, 15) is 0 Å². The molecule has 0 amide bonds. The Morgan fingerprint density at radius 2 is 1.79 bits per heavy atom. The van der Waals surface area contributed by atoms with Gasteiger partial charge in [-0.1, -0.05) is 6.42 Å². The summed E-state index contributed by atoms with van der Waals surface area (Å²) in [5.41, 5.74) is 0. The standard InChI is InChI=1S/C12H24N2/c1-14-7-3-6-12(10-14)9-13-8-11-4-2-5-11/h11-13H,2-10H2,1H3. The zero-order chi connectivity index (χ0) is 9.80. The molecule has 1 atom stereocenters. The highest BCUT2D eigenvalue weighted by molar-refractivity contribution is 4.75. The number of nitrogens with one attached hydrogen (secondary N) is 1. The predicted octanol–water partition coefficient (Wildman–Crippen LogP) is 1.72. The first-order valence-corrected chi connectivity index (χ1v) is 6.24. The lowest BCUT2D eigenvalue weighted by Crippen LogP contribution is -2.39. The molecule has 2 rings (SSSR count). The fraction of sp³-hybridized carbons (Fsp3) is 1.00. The van der Waals surface area contributed by atoms with Crippen LogP contribution < -0.4 is 5.32 Å². The Hall–Kier alpha value is -0.0800. The summed E-state index contributed by atoms with van der Waals surface area (Å²) in [6, 6.07) is 0. The van der Waals surface area contributed by atoms with Crippen molar-refractivity contribution in [2.75, 3.05) is 33.2 Å². The second-order valence-electron chi connectivity index (χ2n) is 5.23. The van der Waals surface area contributed by atoms with Gasteiger partial charge in [0, 0.05) is 6.54 Å². The summed E-state index contributed by atoms with van der Waals surface area (Å²) in [7, 11) is 2.25. The molecule has 1 saturated heterocycles. The van der Waals surface area contributed by atoms with E-state index >= 15 is 0 Å². The SMILES string of the molecule is CN1CCCC(CNCC2CCC2)C1. The fourth-order valence-corrected chi connectivity index (χ4v) is 2.63. The molecule has 0 radical (unpaired) electrons. The van der Waals surface area contributed by atoms with Gasteiger partial charge in [0.1, 0.15) is 0 Å². The normalized spacial score (nSPS) is 30.2. The molecule has 1 unspecified atom stereocenters. The highest BCUT2D eigenvalue weighted by Gasteiger charge is 2.19. The van der Waals surface area contributed by atoms with E-state index < -0.39 is 0 Å². The zero-order valence-electron chi connectivity index (χ0n) is 9.47. The first-order chi connectivity index (χ1) is 6.84. The molecule has 82 valence electrons. The Kier molecular flexibility index (Phi) is 3.82. The van der Waals surface area contributed by atoms with Gasteiger partial charge in [0.05, 0.1) is 0 Å². The average Bonchev–Trinajstić information content (AvgIpc) is 2.09. The highest BCUT2D eigenvalue weighted by Crippen LogP contribution is 2.25. The smallest absolute Gasteiger partial charge is 0.00187 e. The van der Waals surface area contributed by atoms with Crippen molar-refractivity contribution in [1.29, 1.82) is 0 Å².